The molecule has 3 rings (SSSR count). The van der Waals surface area contributed by atoms with Crippen molar-refractivity contribution in [3.05, 3.63) is 35.9 Å². The van der Waals surface area contributed by atoms with Crippen molar-refractivity contribution in [1.29, 1.82) is 0 Å². The van der Waals surface area contributed by atoms with Crippen LogP contribution in [-0.4, -0.2) is 16.0 Å². The molecular formula is C16H23N3OS. The smallest absolute Gasteiger partial charge is 0.160 e. The minimum atomic E-state index is 0.274. The molecule has 2 aromatic rings. The van der Waals surface area contributed by atoms with Crippen molar-refractivity contribution < 1.29 is 4.42 Å². The highest BCUT2D eigenvalue weighted by Gasteiger charge is 2.20. The summed E-state index contributed by atoms with van der Waals surface area (Å²) in [7, 11) is 0. The monoisotopic (exact) mass is 305 g/mol. The van der Waals surface area contributed by atoms with Gasteiger partial charge in [0, 0.05) is 18.8 Å². The number of hydrogen-bond donors (Lipinski definition) is 1. The van der Waals surface area contributed by atoms with Crippen LogP contribution in [0.2, 0.25) is 0 Å². The predicted octanol–water partition coefficient (Wildman–Crippen LogP) is 3.85. The Morgan fingerprint density at radius 1 is 1.43 bits per heavy atom. The van der Waals surface area contributed by atoms with E-state index >= 15 is 0 Å². The summed E-state index contributed by atoms with van der Waals surface area (Å²) in [5.41, 5.74) is 1.26. The second-order valence-corrected chi connectivity index (χ2v) is 6.57. The third kappa shape index (κ3) is 3.52. The van der Waals surface area contributed by atoms with Gasteiger partial charge in [0.1, 0.15) is 5.76 Å². The van der Waals surface area contributed by atoms with Crippen molar-refractivity contribution in [1.82, 2.24) is 15.1 Å². The van der Waals surface area contributed by atoms with Gasteiger partial charge in [0.25, 0.3) is 0 Å². The minimum absolute atomic E-state index is 0.274. The Morgan fingerprint density at radius 2 is 2.29 bits per heavy atom. The maximum atomic E-state index is 5.70. The van der Waals surface area contributed by atoms with Crippen molar-refractivity contribution in [3.8, 4) is 0 Å². The second kappa shape index (κ2) is 6.71. The summed E-state index contributed by atoms with van der Waals surface area (Å²) >= 11 is 1.63. The van der Waals surface area contributed by atoms with Crippen molar-refractivity contribution in [2.24, 2.45) is 5.92 Å². The zero-order chi connectivity index (χ0) is 14.7. The van der Waals surface area contributed by atoms with Crippen LogP contribution in [0.1, 0.15) is 43.7 Å². The summed E-state index contributed by atoms with van der Waals surface area (Å²) in [6.45, 7) is 3.99. The van der Waals surface area contributed by atoms with E-state index in [1.165, 1.54) is 25.0 Å². The van der Waals surface area contributed by atoms with Crippen molar-refractivity contribution >= 4 is 11.8 Å². The number of thioether (sulfide) groups is 1. The highest BCUT2D eigenvalue weighted by Crippen LogP contribution is 2.28. The van der Waals surface area contributed by atoms with Crippen LogP contribution in [0.15, 0.2) is 33.9 Å². The third-order valence-electron chi connectivity index (χ3n) is 4.27. The molecule has 1 aliphatic carbocycles. The zero-order valence-corrected chi connectivity index (χ0v) is 13.5. The molecule has 2 heterocycles. The van der Waals surface area contributed by atoms with E-state index in [-0.39, 0.29) is 6.04 Å². The van der Waals surface area contributed by atoms with Gasteiger partial charge in [0.2, 0.25) is 0 Å². The van der Waals surface area contributed by atoms with Crippen LogP contribution >= 0.6 is 11.8 Å². The van der Waals surface area contributed by atoms with Crippen molar-refractivity contribution in [2.45, 2.75) is 50.4 Å². The highest BCUT2D eigenvalue weighted by atomic mass is 32.2. The van der Waals surface area contributed by atoms with Crippen LogP contribution in [0.3, 0.4) is 0 Å². The molecule has 0 saturated heterocycles. The average Bonchev–Trinajstić information content (AvgIpc) is 3.09. The Labute approximate surface area is 130 Å². The fraction of sp³-hybridized carbons (Fsp3) is 0.562. The first kappa shape index (κ1) is 14.7. The largest absolute Gasteiger partial charge is 0.454 e. The molecule has 1 unspecified atom stereocenters. The minimum Gasteiger partial charge on any atom is -0.454 e. The average molecular weight is 305 g/mol. The van der Waals surface area contributed by atoms with E-state index in [4.69, 9.17) is 4.42 Å². The summed E-state index contributed by atoms with van der Waals surface area (Å²) in [4.78, 5) is 0. The quantitative estimate of drug-likeness (QED) is 0.789. The van der Waals surface area contributed by atoms with E-state index in [9.17, 15) is 0 Å². The van der Waals surface area contributed by atoms with Gasteiger partial charge in [-0.25, -0.2) is 0 Å². The molecule has 2 aromatic heterocycles. The van der Waals surface area contributed by atoms with E-state index in [1.54, 1.807) is 11.8 Å². The lowest BCUT2D eigenvalue weighted by Crippen LogP contribution is -2.25. The van der Waals surface area contributed by atoms with E-state index in [1.807, 2.05) is 24.6 Å². The standard InChI is InChI=1S/C16H23N3OS/c1-12(17-10-14-6-7-16(20-14)21-2)15-8-9-18-19(15)11-13-4-3-5-13/h6-9,12-13,17H,3-5,10-11H2,1-2H3. The van der Waals surface area contributed by atoms with E-state index in [0.29, 0.717) is 0 Å². The predicted molar refractivity (Wildman–Crippen MR) is 85.3 cm³/mol. The van der Waals surface area contributed by atoms with Crippen LogP contribution in [0.5, 0.6) is 0 Å². The van der Waals surface area contributed by atoms with Gasteiger partial charge in [-0.05, 0) is 50.1 Å². The van der Waals surface area contributed by atoms with Gasteiger partial charge in [-0.1, -0.05) is 18.2 Å². The molecule has 114 valence electrons. The molecule has 0 amide bonds. The topological polar surface area (TPSA) is 43.0 Å². The van der Waals surface area contributed by atoms with Crippen LogP contribution in [0.25, 0.3) is 0 Å². The van der Waals surface area contributed by atoms with Crippen molar-refractivity contribution in [2.75, 3.05) is 6.26 Å². The van der Waals surface area contributed by atoms with Crippen LogP contribution < -0.4 is 5.32 Å². The maximum Gasteiger partial charge on any atom is 0.160 e. The molecule has 1 fully saturated rings. The molecule has 4 nitrogen and oxygen atoms in total. The number of hydrogen-bond acceptors (Lipinski definition) is 4. The SMILES string of the molecule is CSc1ccc(CNC(C)c2ccnn2CC2CCC2)o1. The van der Waals surface area contributed by atoms with Gasteiger partial charge < -0.3 is 9.73 Å². The fourth-order valence-corrected chi connectivity index (χ4v) is 3.10. The molecule has 0 aliphatic heterocycles. The summed E-state index contributed by atoms with van der Waals surface area (Å²) < 4.78 is 7.86. The third-order valence-corrected chi connectivity index (χ3v) is 4.89. The summed E-state index contributed by atoms with van der Waals surface area (Å²) in [5.74, 6) is 1.81. The Bertz CT molecular complexity index is 574. The van der Waals surface area contributed by atoms with E-state index in [2.05, 4.69) is 28.1 Å². The first-order valence-electron chi connectivity index (χ1n) is 7.64. The molecule has 0 spiro atoms. The summed E-state index contributed by atoms with van der Waals surface area (Å²) in [6, 6.07) is 6.45. The van der Waals surface area contributed by atoms with Gasteiger partial charge in [0.15, 0.2) is 5.09 Å². The number of nitrogens with zero attached hydrogens (tertiary/aromatic N) is 2. The van der Waals surface area contributed by atoms with Crippen LogP contribution in [-0.2, 0) is 13.1 Å². The number of furan rings is 1. The molecule has 1 N–H and O–H groups in total. The molecule has 1 aliphatic rings. The van der Waals surface area contributed by atoms with Crippen LogP contribution in [0, 0.1) is 5.92 Å². The first-order chi connectivity index (χ1) is 10.3. The lowest BCUT2D eigenvalue weighted by Gasteiger charge is -2.26. The Hall–Kier alpha value is -1.20. The molecular weight excluding hydrogens is 282 g/mol. The van der Waals surface area contributed by atoms with E-state index in [0.717, 1.165) is 29.9 Å². The second-order valence-electron chi connectivity index (χ2n) is 5.76. The molecule has 0 bridgehead atoms. The molecule has 1 saturated carbocycles. The Balaban J connectivity index is 1.57. The first-order valence-corrected chi connectivity index (χ1v) is 8.86. The lowest BCUT2D eigenvalue weighted by molar-refractivity contribution is 0.260. The Kier molecular flexibility index (Phi) is 4.70. The van der Waals surface area contributed by atoms with Gasteiger partial charge in [-0.2, -0.15) is 5.10 Å². The molecule has 21 heavy (non-hydrogen) atoms. The van der Waals surface area contributed by atoms with Crippen LogP contribution in [0.4, 0.5) is 0 Å². The van der Waals surface area contributed by atoms with Gasteiger partial charge >= 0.3 is 0 Å². The molecule has 5 heteroatoms. The number of nitrogens with one attached hydrogen (secondary N) is 1. The van der Waals surface area contributed by atoms with Gasteiger partial charge in [-0.3, -0.25) is 4.68 Å². The zero-order valence-electron chi connectivity index (χ0n) is 12.7. The normalized spacial score (nSPS) is 16.9. The molecule has 1 atom stereocenters. The van der Waals surface area contributed by atoms with E-state index < -0.39 is 0 Å². The Morgan fingerprint density at radius 3 is 2.95 bits per heavy atom. The summed E-state index contributed by atoms with van der Waals surface area (Å²) in [5, 5.41) is 8.97. The molecule has 0 aromatic carbocycles. The fourth-order valence-electron chi connectivity index (χ4n) is 2.70. The maximum absolute atomic E-state index is 5.70. The lowest BCUT2D eigenvalue weighted by atomic mass is 9.85. The highest BCUT2D eigenvalue weighted by molar-refractivity contribution is 7.98. The van der Waals surface area contributed by atoms with Gasteiger partial charge in [-0.15, -0.1) is 0 Å². The number of rotatable bonds is 7. The number of aromatic nitrogens is 2. The van der Waals surface area contributed by atoms with Crippen molar-refractivity contribution in [3.63, 3.8) is 0 Å². The summed E-state index contributed by atoms with van der Waals surface area (Å²) in [6.07, 6.45) is 8.02. The van der Waals surface area contributed by atoms with Gasteiger partial charge in [0.05, 0.1) is 12.2 Å². The molecule has 0 radical (unpaired) electrons.